The van der Waals surface area contributed by atoms with Gasteiger partial charge in [0.25, 0.3) is 5.91 Å². The Labute approximate surface area is 113 Å². The van der Waals surface area contributed by atoms with Gasteiger partial charge < -0.3 is 10.3 Å². The lowest BCUT2D eigenvalue weighted by molar-refractivity contribution is 0.0666. The molecule has 1 saturated carbocycles. The molecule has 2 rings (SSSR count). The van der Waals surface area contributed by atoms with Gasteiger partial charge in [-0.2, -0.15) is 0 Å². The summed E-state index contributed by atoms with van der Waals surface area (Å²) in [4.78, 5) is 22.3. The molecule has 2 atom stereocenters. The number of rotatable bonds is 3. The van der Waals surface area contributed by atoms with Crippen LogP contribution in [0.15, 0.2) is 12.4 Å². The molecule has 19 heavy (non-hydrogen) atoms. The quantitative estimate of drug-likeness (QED) is 0.636. The number of amides is 1. The first kappa shape index (κ1) is 13.7. The van der Waals surface area contributed by atoms with Crippen LogP contribution in [0.1, 0.15) is 43.1 Å². The highest BCUT2D eigenvalue weighted by Crippen LogP contribution is 2.27. The molecule has 1 aliphatic rings. The Morgan fingerprint density at radius 1 is 1.47 bits per heavy atom. The monoisotopic (exact) mass is 263 g/mol. The highest BCUT2D eigenvalue weighted by atomic mass is 16.2. The minimum absolute atomic E-state index is 0.0938. The fourth-order valence-corrected chi connectivity index (χ4v) is 2.64. The summed E-state index contributed by atoms with van der Waals surface area (Å²) < 4.78 is 0. The van der Waals surface area contributed by atoms with Crippen LogP contribution in [0.4, 0.5) is 5.82 Å². The number of carbonyl (C=O) groups is 1. The standard InChI is InChI=1S/C13H21N5O/c1-9-4-3-5-10(6-9)18(2)13(19)11-7-15-8-12(16-11)17-14/h7-10H,3-6,14H2,1-2H3,(H,16,17). The third kappa shape index (κ3) is 3.20. The van der Waals surface area contributed by atoms with Gasteiger partial charge in [-0.1, -0.05) is 19.8 Å². The van der Waals surface area contributed by atoms with E-state index in [0.717, 1.165) is 12.8 Å². The van der Waals surface area contributed by atoms with Gasteiger partial charge in [-0.15, -0.1) is 0 Å². The first-order chi connectivity index (χ1) is 9.11. The van der Waals surface area contributed by atoms with E-state index < -0.39 is 0 Å². The van der Waals surface area contributed by atoms with E-state index >= 15 is 0 Å². The zero-order valence-electron chi connectivity index (χ0n) is 11.5. The van der Waals surface area contributed by atoms with Crippen LogP contribution in [0.25, 0.3) is 0 Å². The summed E-state index contributed by atoms with van der Waals surface area (Å²) in [6.45, 7) is 2.24. The van der Waals surface area contributed by atoms with Crippen LogP contribution in [0.3, 0.4) is 0 Å². The second kappa shape index (κ2) is 5.97. The van der Waals surface area contributed by atoms with E-state index in [9.17, 15) is 4.79 Å². The summed E-state index contributed by atoms with van der Waals surface area (Å²) in [7, 11) is 1.84. The van der Waals surface area contributed by atoms with Crippen molar-refractivity contribution in [2.75, 3.05) is 12.5 Å². The Bertz CT molecular complexity index is 450. The number of aromatic nitrogens is 2. The molecule has 0 bridgehead atoms. The van der Waals surface area contributed by atoms with Crippen molar-refractivity contribution in [3.63, 3.8) is 0 Å². The predicted octanol–water partition coefficient (Wildman–Crippen LogP) is 1.41. The van der Waals surface area contributed by atoms with Gasteiger partial charge in [0.05, 0.1) is 12.4 Å². The van der Waals surface area contributed by atoms with Crippen LogP contribution in [-0.2, 0) is 0 Å². The van der Waals surface area contributed by atoms with Crippen molar-refractivity contribution in [2.24, 2.45) is 11.8 Å². The largest absolute Gasteiger partial charge is 0.337 e. The van der Waals surface area contributed by atoms with Crippen molar-refractivity contribution in [3.8, 4) is 0 Å². The first-order valence-electron chi connectivity index (χ1n) is 6.67. The summed E-state index contributed by atoms with van der Waals surface area (Å²) in [6, 6.07) is 0.299. The molecule has 1 heterocycles. The fourth-order valence-electron chi connectivity index (χ4n) is 2.64. The molecular weight excluding hydrogens is 242 g/mol. The van der Waals surface area contributed by atoms with E-state index in [1.165, 1.54) is 25.2 Å². The average molecular weight is 263 g/mol. The smallest absolute Gasteiger partial charge is 0.274 e. The molecule has 1 fully saturated rings. The van der Waals surface area contributed by atoms with Crippen LogP contribution in [-0.4, -0.2) is 33.9 Å². The normalized spacial score (nSPS) is 22.9. The topological polar surface area (TPSA) is 84.1 Å². The number of carbonyl (C=O) groups excluding carboxylic acids is 1. The lowest BCUT2D eigenvalue weighted by atomic mass is 9.86. The summed E-state index contributed by atoms with van der Waals surface area (Å²) >= 11 is 0. The van der Waals surface area contributed by atoms with Gasteiger partial charge in [0.2, 0.25) is 0 Å². The van der Waals surface area contributed by atoms with Crippen molar-refractivity contribution >= 4 is 11.7 Å². The van der Waals surface area contributed by atoms with Gasteiger partial charge >= 0.3 is 0 Å². The second-order valence-corrected chi connectivity index (χ2v) is 5.28. The Morgan fingerprint density at radius 2 is 2.26 bits per heavy atom. The van der Waals surface area contributed by atoms with E-state index in [1.807, 2.05) is 7.05 Å². The lowest BCUT2D eigenvalue weighted by Crippen LogP contribution is -2.40. The number of hydrogen-bond acceptors (Lipinski definition) is 5. The fraction of sp³-hybridized carbons (Fsp3) is 0.615. The highest BCUT2D eigenvalue weighted by molar-refractivity contribution is 5.92. The number of nitrogens with one attached hydrogen (secondary N) is 1. The van der Waals surface area contributed by atoms with Crippen molar-refractivity contribution in [2.45, 2.75) is 38.6 Å². The number of anilines is 1. The van der Waals surface area contributed by atoms with E-state index in [2.05, 4.69) is 22.3 Å². The zero-order valence-corrected chi connectivity index (χ0v) is 11.5. The maximum absolute atomic E-state index is 12.4. The molecule has 0 aliphatic heterocycles. The Kier molecular flexibility index (Phi) is 4.31. The number of hydrogen-bond donors (Lipinski definition) is 2. The number of nitrogens with two attached hydrogens (primary N) is 1. The molecular formula is C13H21N5O. The van der Waals surface area contributed by atoms with Gasteiger partial charge in [-0.3, -0.25) is 9.78 Å². The molecule has 0 saturated heterocycles. The number of hydrazine groups is 1. The van der Waals surface area contributed by atoms with E-state index in [4.69, 9.17) is 5.84 Å². The summed E-state index contributed by atoms with van der Waals surface area (Å²) in [5.41, 5.74) is 2.73. The predicted molar refractivity (Wildman–Crippen MR) is 73.4 cm³/mol. The van der Waals surface area contributed by atoms with Crippen LogP contribution in [0, 0.1) is 5.92 Å². The van der Waals surface area contributed by atoms with Gasteiger partial charge in [0.1, 0.15) is 5.69 Å². The summed E-state index contributed by atoms with van der Waals surface area (Å²) in [5.74, 6) is 6.26. The van der Waals surface area contributed by atoms with Gasteiger partial charge in [0, 0.05) is 13.1 Å². The molecule has 1 aliphatic carbocycles. The van der Waals surface area contributed by atoms with Crippen molar-refractivity contribution in [1.29, 1.82) is 0 Å². The van der Waals surface area contributed by atoms with Crippen molar-refractivity contribution in [3.05, 3.63) is 18.1 Å². The lowest BCUT2D eigenvalue weighted by Gasteiger charge is -2.33. The van der Waals surface area contributed by atoms with Gasteiger partial charge in [0.15, 0.2) is 5.82 Å². The molecule has 6 heteroatoms. The maximum atomic E-state index is 12.4. The molecule has 104 valence electrons. The molecule has 1 aromatic heterocycles. The summed E-state index contributed by atoms with van der Waals surface area (Å²) in [5, 5.41) is 0. The molecule has 2 unspecified atom stereocenters. The van der Waals surface area contributed by atoms with Gasteiger partial charge in [-0.25, -0.2) is 10.8 Å². The van der Waals surface area contributed by atoms with Crippen LogP contribution < -0.4 is 11.3 Å². The van der Waals surface area contributed by atoms with Crippen LogP contribution >= 0.6 is 0 Å². The highest BCUT2D eigenvalue weighted by Gasteiger charge is 2.26. The zero-order chi connectivity index (χ0) is 13.8. The molecule has 3 N–H and O–H groups in total. The van der Waals surface area contributed by atoms with E-state index in [1.54, 1.807) is 4.90 Å². The minimum atomic E-state index is -0.0938. The van der Waals surface area contributed by atoms with Crippen molar-refractivity contribution < 1.29 is 4.79 Å². The SMILES string of the molecule is CC1CCCC(N(C)C(=O)c2cncc(NN)n2)C1. The van der Waals surface area contributed by atoms with Crippen LogP contribution in [0.5, 0.6) is 0 Å². The Morgan fingerprint density at radius 3 is 2.95 bits per heavy atom. The molecule has 6 nitrogen and oxygen atoms in total. The molecule has 1 amide bonds. The Hall–Kier alpha value is -1.69. The molecule has 0 aromatic carbocycles. The number of nitrogen functional groups attached to an aromatic ring is 1. The van der Waals surface area contributed by atoms with E-state index in [0.29, 0.717) is 23.5 Å². The Balaban J connectivity index is 2.09. The number of nitrogens with zero attached hydrogens (tertiary/aromatic N) is 3. The maximum Gasteiger partial charge on any atom is 0.274 e. The molecule has 0 spiro atoms. The third-order valence-electron chi connectivity index (χ3n) is 3.78. The van der Waals surface area contributed by atoms with Crippen LogP contribution in [0.2, 0.25) is 0 Å². The van der Waals surface area contributed by atoms with Crippen molar-refractivity contribution in [1.82, 2.24) is 14.9 Å². The third-order valence-corrected chi connectivity index (χ3v) is 3.78. The first-order valence-corrected chi connectivity index (χ1v) is 6.67. The van der Waals surface area contributed by atoms with Gasteiger partial charge in [-0.05, 0) is 18.8 Å². The summed E-state index contributed by atoms with van der Waals surface area (Å²) in [6.07, 6.45) is 7.52. The van der Waals surface area contributed by atoms with E-state index in [-0.39, 0.29) is 5.91 Å². The molecule has 0 radical (unpaired) electrons. The molecule has 1 aromatic rings. The second-order valence-electron chi connectivity index (χ2n) is 5.28. The minimum Gasteiger partial charge on any atom is -0.337 e. The average Bonchev–Trinajstić information content (AvgIpc) is 2.45.